The van der Waals surface area contributed by atoms with Crippen LogP contribution >= 0.6 is 0 Å². The van der Waals surface area contributed by atoms with E-state index in [1.54, 1.807) is 7.11 Å². The molecule has 5 saturated carbocycles. The lowest BCUT2D eigenvalue weighted by molar-refractivity contribution is -0.215. The number of aliphatic hydroxyl groups excluding tert-OH is 2. The first kappa shape index (κ1) is 27.0. The van der Waals surface area contributed by atoms with E-state index < -0.39 is 0 Å². The average Bonchev–Trinajstić information content (AvgIpc) is 3.16. The van der Waals surface area contributed by atoms with E-state index in [1.807, 2.05) is 7.11 Å². The molecule has 0 aromatic heterocycles. The van der Waals surface area contributed by atoms with Gasteiger partial charge in [0.25, 0.3) is 0 Å². The van der Waals surface area contributed by atoms with Crippen molar-refractivity contribution in [3.8, 4) is 0 Å². The van der Waals surface area contributed by atoms with Gasteiger partial charge in [0.05, 0.1) is 35.6 Å². The Hall–Kier alpha value is -0.200. The number of rotatable bonds is 4. The van der Waals surface area contributed by atoms with Crippen molar-refractivity contribution < 1.29 is 24.4 Å². The van der Waals surface area contributed by atoms with E-state index in [9.17, 15) is 10.2 Å². The number of ether oxygens (including phenoxy) is 3. The van der Waals surface area contributed by atoms with Gasteiger partial charge in [0.1, 0.15) is 0 Å². The highest BCUT2D eigenvalue weighted by Gasteiger charge is 2.84. The first-order valence-corrected chi connectivity index (χ1v) is 15.2. The minimum atomic E-state index is -0.338. The lowest BCUT2D eigenvalue weighted by atomic mass is 9.41. The van der Waals surface area contributed by atoms with Gasteiger partial charge in [-0.05, 0) is 117 Å². The number of hydrogen-bond acceptors (Lipinski definition) is 5. The molecule has 12 atom stereocenters. The molecule has 1 heterocycles. The van der Waals surface area contributed by atoms with Gasteiger partial charge < -0.3 is 24.4 Å². The van der Waals surface area contributed by atoms with Gasteiger partial charge in [0, 0.05) is 20.1 Å². The Kier molecular flexibility index (Phi) is 5.65. The molecule has 212 valence electrons. The predicted molar refractivity (Wildman–Crippen MR) is 144 cm³/mol. The second-order valence-corrected chi connectivity index (χ2v) is 16.3. The molecular formula is C32H54O5. The number of methoxy groups -OCH3 is 2. The third-order valence-corrected chi connectivity index (χ3v) is 14.6. The predicted octanol–water partition coefficient (Wildman–Crippen LogP) is 5.74. The molecule has 0 aromatic carbocycles. The zero-order chi connectivity index (χ0) is 27.0. The number of hydrogen-bond donors (Lipinski definition) is 2. The fourth-order valence-electron chi connectivity index (χ4n) is 12.4. The summed E-state index contributed by atoms with van der Waals surface area (Å²) in [6.07, 6.45) is 9.23. The van der Waals surface area contributed by atoms with Crippen molar-refractivity contribution in [2.75, 3.05) is 14.2 Å². The van der Waals surface area contributed by atoms with Gasteiger partial charge in [-0.15, -0.1) is 0 Å². The lowest BCUT2D eigenvalue weighted by Crippen LogP contribution is -2.62. The summed E-state index contributed by atoms with van der Waals surface area (Å²) in [5, 5.41) is 22.8. The maximum atomic E-state index is 11.8. The summed E-state index contributed by atoms with van der Waals surface area (Å²) in [7, 11) is 3.70. The summed E-state index contributed by atoms with van der Waals surface area (Å²) < 4.78 is 19.2. The van der Waals surface area contributed by atoms with Crippen LogP contribution in [0, 0.1) is 44.8 Å². The summed E-state index contributed by atoms with van der Waals surface area (Å²) >= 11 is 0. The van der Waals surface area contributed by atoms with E-state index in [1.165, 1.54) is 19.3 Å². The van der Waals surface area contributed by atoms with Crippen LogP contribution in [0.1, 0.15) is 106 Å². The molecule has 0 bridgehead atoms. The molecule has 0 amide bonds. The average molecular weight is 519 g/mol. The van der Waals surface area contributed by atoms with Gasteiger partial charge >= 0.3 is 0 Å². The zero-order valence-electron chi connectivity index (χ0n) is 25.0. The molecule has 0 aromatic rings. The van der Waals surface area contributed by atoms with E-state index in [2.05, 4.69) is 48.5 Å². The smallest absolute Gasteiger partial charge is 0.0883 e. The van der Waals surface area contributed by atoms with Crippen LogP contribution in [0.5, 0.6) is 0 Å². The van der Waals surface area contributed by atoms with Crippen LogP contribution in [0.4, 0.5) is 0 Å². The quantitative estimate of drug-likeness (QED) is 0.496. The Labute approximate surface area is 225 Å². The van der Waals surface area contributed by atoms with Crippen LogP contribution in [0.2, 0.25) is 0 Å². The molecule has 0 radical (unpaired) electrons. The summed E-state index contributed by atoms with van der Waals surface area (Å²) in [6.45, 7) is 16.2. The summed E-state index contributed by atoms with van der Waals surface area (Å²) in [5.41, 5.74) is -0.0846. The first-order valence-electron chi connectivity index (χ1n) is 15.2. The monoisotopic (exact) mass is 518 g/mol. The summed E-state index contributed by atoms with van der Waals surface area (Å²) in [6, 6.07) is 0. The molecule has 5 nitrogen and oxygen atoms in total. The molecular weight excluding hydrogens is 464 g/mol. The summed E-state index contributed by atoms with van der Waals surface area (Å²) in [5.74, 6) is 1.02. The minimum absolute atomic E-state index is 0.0878. The van der Waals surface area contributed by atoms with E-state index in [0.29, 0.717) is 17.3 Å². The number of aliphatic hydroxyl groups is 2. The van der Waals surface area contributed by atoms with Crippen molar-refractivity contribution in [1.29, 1.82) is 0 Å². The van der Waals surface area contributed by atoms with Crippen molar-refractivity contribution in [1.82, 2.24) is 0 Å². The largest absolute Gasteiger partial charge is 0.393 e. The van der Waals surface area contributed by atoms with Crippen LogP contribution in [0.15, 0.2) is 0 Å². The molecule has 1 aliphatic heterocycles. The fraction of sp³-hybridized carbons (Fsp3) is 1.00. The first-order chi connectivity index (χ1) is 17.1. The van der Waals surface area contributed by atoms with E-state index in [-0.39, 0.29) is 63.2 Å². The third kappa shape index (κ3) is 3.05. The van der Waals surface area contributed by atoms with Crippen molar-refractivity contribution in [3.63, 3.8) is 0 Å². The standard InChI is InChI=1S/C32H54O5/c1-26(2)22(34)10-13-32-18-31(32)15-14-28(5)25(30(7)12-11-23(37-30)27(3,4)36-9)20(35-8)17-29(28,6)21(31)16-19(33)24(26)32/h19-25,33-34H,10-18H2,1-9H3/t19-,20-,21-,22-,23-,24-,25-,28+,29-,30+,31-,32?/m0/s1. The van der Waals surface area contributed by atoms with Gasteiger partial charge in [-0.2, -0.15) is 0 Å². The fourth-order valence-corrected chi connectivity index (χ4v) is 12.4. The molecule has 5 heteroatoms. The maximum absolute atomic E-state index is 11.8. The minimum Gasteiger partial charge on any atom is -0.393 e. The van der Waals surface area contributed by atoms with Crippen molar-refractivity contribution in [2.24, 2.45) is 44.8 Å². The molecule has 5 aliphatic carbocycles. The molecule has 2 N–H and O–H groups in total. The highest BCUT2D eigenvalue weighted by molar-refractivity contribution is 5.33. The van der Waals surface area contributed by atoms with Crippen LogP contribution < -0.4 is 0 Å². The van der Waals surface area contributed by atoms with Crippen LogP contribution in [0.25, 0.3) is 0 Å². The third-order valence-electron chi connectivity index (χ3n) is 14.6. The topological polar surface area (TPSA) is 68.2 Å². The SMILES string of the molecule is CO[C@H]1C[C@@]2(C)[C@@H]3C[C@H](O)[C@H]4C(C)(C)[C@@H](O)CCC45C[C@@]35CC[C@]2(C)[C@H]1[C@@]1(C)CC[C@@H](C(C)(C)OC)O1. The number of fused-ring (bicyclic) bond motifs is 2. The van der Waals surface area contributed by atoms with Gasteiger partial charge in [-0.1, -0.05) is 27.7 Å². The van der Waals surface area contributed by atoms with Crippen LogP contribution in [0.3, 0.4) is 0 Å². The van der Waals surface area contributed by atoms with Gasteiger partial charge in [0.15, 0.2) is 0 Å². The second-order valence-electron chi connectivity index (χ2n) is 16.3. The van der Waals surface area contributed by atoms with Gasteiger partial charge in [0.2, 0.25) is 0 Å². The van der Waals surface area contributed by atoms with Crippen LogP contribution in [-0.2, 0) is 14.2 Å². The lowest BCUT2D eigenvalue weighted by Gasteiger charge is -2.64. The Morgan fingerprint density at radius 2 is 1.54 bits per heavy atom. The molecule has 1 unspecified atom stereocenters. The van der Waals surface area contributed by atoms with Crippen molar-refractivity contribution >= 4 is 0 Å². The molecule has 6 fully saturated rings. The maximum Gasteiger partial charge on any atom is 0.0883 e. The van der Waals surface area contributed by atoms with E-state index >= 15 is 0 Å². The van der Waals surface area contributed by atoms with Crippen molar-refractivity contribution in [2.45, 2.75) is 142 Å². The van der Waals surface area contributed by atoms with Crippen LogP contribution in [-0.4, -0.2) is 60.1 Å². The van der Waals surface area contributed by atoms with E-state index in [0.717, 1.165) is 38.5 Å². The molecule has 37 heavy (non-hydrogen) atoms. The summed E-state index contributed by atoms with van der Waals surface area (Å²) in [4.78, 5) is 0. The van der Waals surface area contributed by atoms with Crippen molar-refractivity contribution in [3.05, 3.63) is 0 Å². The Balaban J connectivity index is 1.37. The zero-order valence-corrected chi connectivity index (χ0v) is 25.0. The Morgan fingerprint density at radius 3 is 2.19 bits per heavy atom. The molecule has 6 rings (SSSR count). The van der Waals surface area contributed by atoms with Gasteiger partial charge in [-0.3, -0.25) is 0 Å². The van der Waals surface area contributed by atoms with E-state index in [4.69, 9.17) is 14.2 Å². The normalized spacial score (nSPS) is 58.3. The molecule has 2 spiro atoms. The molecule has 6 aliphatic rings. The molecule has 1 saturated heterocycles. The Bertz CT molecular complexity index is 947. The second kappa shape index (κ2) is 7.75. The van der Waals surface area contributed by atoms with Gasteiger partial charge in [-0.25, -0.2) is 0 Å². The highest BCUT2D eigenvalue weighted by Crippen LogP contribution is 2.89. The highest BCUT2D eigenvalue weighted by atomic mass is 16.6. The Morgan fingerprint density at radius 1 is 0.838 bits per heavy atom.